The molecule has 2 heterocycles. The summed E-state index contributed by atoms with van der Waals surface area (Å²) >= 11 is 0. The molecule has 1 unspecified atom stereocenters. The van der Waals surface area contributed by atoms with Gasteiger partial charge in [-0.3, -0.25) is 14.2 Å². The van der Waals surface area contributed by atoms with Gasteiger partial charge in [-0.1, -0.05) is 48.5 Å². The normalized spacial score (nSPS) is 12.3. The smallest absolute Gasteiger partial charge is 0.407 e. The van der Waals surface area contributed by atoms with Gasteiger partial charge in [-0.05, 0) is 64.3 Å². The molecule has 0 saturated heterocycles. The van der Waals surface area contributed by atoms with Gasteiger partial charge < -0.3 is 19.4 Å². The number of rotatable bonds is 10. The van der Waals surface area contributed by atoms with E-state index in [1.807, 2.05) is 37.3 Å². The molecule has 4 rings (SSSR count). The lowest BCUT2D eigenvalue weighted by Crippen LogP contribution is -2.46. The quantitative estimate of drug-likeness (QED) is 0.259. The van der Waals surface area contributed by atoms with E-state index in [1.165, 1.54) is 32.6 Å². The van der Waals surface area contributed by atoms with Crippen molar-refractivity contribution in [3.05, 3.63) is 93.4 Å². The Morgan fingerprint density at radius 2 is 1.81 bits per heavy atom. The van der Waals surface area contributed by atoms with E-state index < -0.39 is 29.4 Å². The molecule has 11 heteroatoms. The summed E-state index contributed by atoms with van der Waals surface area (Å²) in [7, 11) is 0. The molecule has 0 aliphatic carbocycles. The van der Waals surface area contributed by atoms with Crippen LogP contribution in [0.2, 0.25) is 0 Å². The summed E-state index contributed by atoms with van der Waals surface area (Å²) in [6.07, 6.45) is -0.404. The third-order valence-corrected chi connectivity index (χ3v) is 7.19. The maximum absolute atomic E-state index is 14.2. The fourth-order valence-corrected chi connectivity index (χ4v) is 5.10. The molecule has 0 fully saturated rings. The summed E-state index contributed by atoms with van der Waals surface area (Å²) in [5.74, 6) is -0.727. The van der Waals surface area contributed by atoms with Crippen molar-refractivity contribution >= 4 is 23.1 Å². The van der Waals surface area contributed by atoms with Crippen LogP contribution in [0.5, 0.6) is 0 Å². The molecule has 0 radical (unpaired) electrons. The standard InChI is InChI=1S/C31H36FN5O5/c1-6-24(26-33-27-25(20(2)34-42-27)29(39)36(26)19-21-12-8-7-9-13-21)35(28(38)22-14-10-15-23(32)18-22)16-11-17-37(30(40)41)31(3,4)5/h7-10,12-15,18,24H,6,11,16-17,19H2,1-5H3,(H,40,41). The summed E-state index contributed by atoms with van der Waals surface area (Å²) in [4.78, 5) is 47.3. The molecule has 42 heavy (non-hydrogen) atoms. The van der Waals surface area contributed by atoms with E-state index in [0.29, 0.717) is 24.4 Å². The second-order valence-corrected chi connectivity index (χ2v) is 11.2. The molecule has 1 atom stereocenters. The van der Waals surface area contributed by atoms with Gasteiger partial charge in [0.2, 0.25) is 0 Å². The van der Waals surface area contributed by atoms with Gasteiger partial charge in [-0.2, -0.15) is 4.98 Å². The van der Waals surface area contributed by atoms with Crippen LogP contribution in [-0.2, 0) is 6.54 Å². The number of hydrogen-bond donors (Lipinski definition) is 1. The molecule has 10 nitrogen and oxygen atoms in total. The molecule has 2 amide bonds. The number of carbonyl (C=O) groups is 2. The van der Waals surface area contributed by atoms with Crippen molar-refractivity contribution in [2.45, 2.75) is 65.6 Å². The molecule has 0 aliphatic rings. The van der Waals surface area contributed by atoms with Crippen LogP contribution in [0.3, 0.4) is 0 Å². The lowest BCUT2D eigenvalue weighted by atomic mass is 10.1. The lowest BCUT2D eigenvalue weighted by Gasteiger charge is -2.35. The van der Waals surface area contributed by atoms with Crippen molar-refractivity contribution in [3.63, 3.8) is 0 Å². The Labute approximate surface area is 243 Å². The second-order valence-electron chi connectivity index (χ2n) is 11.2. The zero-order valence-corrected chi connectivity index (χ0v) is 24.5. The molecule has 4 aromatic rings. The molecule has 0 saturated carbocycles. The highest BCUT2D eigenvalue weighted by Gasteiger charge is 2.32. The topological polar surface area (TPSA) is 122 Å². The second kappa shape index (κ2) is 12.5. The molecule has 1 N–H and O–H groups in total. The lowest BCUT2D eigenvalue weighted by molar-refractivity contribution is 0.0628. The van der Waals surface area contributed by atoms with E-state index in [9.17, 15) is 23.9 Å². The molecule has 0 bridgehead atoms. The first-order valence-corrected chi connectivity index (χ1v) is 13.9. The van der Waals surface area contributed by atoms with Crippen molar-refractivity contribution in [2.75, 3.05) is 13.1 Å². The van der Waals surface area contributed by atoms with E-state index in [2.05, 4.69) is 5.16 Å². The number of aromatic nitrogens is 3. The number of carboxylic acid groups (broad SMARTS) is 1. The highest BCUT2D eigenvalue weighted by molar-refractivity contribution is 5.94. The van der Waals surface area contributed by atoms with Crippen molar-refractivity contribution < 1.29 is 23.6 Å². The number of benzene rings is 2. The Balaban J connectivity index is 1.82. The van der Waals surface area contributed by atoms with Crippen LogP contribution in [0, 0.1) is 12.7 Å². The van der Waals surface area contributed by atoms with Crippen molar-refractivity contribution in [1.82, 2.24) is 24.5 Å². The van der Waals surface area contributed by atoms with Gasteiger partial charge >= 0.3 is 6.09 Å². The summed E-state index contributed by atoms with van der Waals surface area (Å²) in [5.41, 5.74) is 0.467. The van der Waals surface area contributed by atoms with E-state index in [-0.39, 0.29) is 41.9 Å². The van der Waals surface area contributed by atoms with Gasteiger partial charge in [0.1, 0.15) is 17.0 Å². The van der Waals surface area contributed by atoms with Crippen LogP contribution in [0.15, 0.2) is 63.9 Å². The molecular formula is C31H36FN5O5. The average Bonchev–Trinajstić information content (AvgIpc) is 3.31. The first kappa shape index (κ1) is 30.4. The third kappa shape index (κ3) is 6.50. The van der Waals surface area contributed by atoms with Gasteiger partial charge in [0.05, 0.1) is 18.3 Å². The zero-order valence-electron chi connectivity index (χ0n) is 24.5. The molecule has 0 aliphatic heterocycles. The van der Waals surface area contributed by atoms with E-state index in [1.54, 1.807) is 27.7 Å². The zero-order chi connectivity index (χ0) is 30.6. The minimum atomic E-state index is -1.07. The SMILES string of the molecule is CCC(c1nc2onc(C)c2c(=O)n1Cc1ccccc1)N(CCCN(C(=O)O)C(C)(C)C)C(=O)c1cccc(F)c1. The number of nitrogens with zero attached hydrogens (tertiary/aromatic N) is 5. The summed E-state index contributed by atoms with van der Waals surface area (Å²) in [5, 5.41) is 14.0. The third-order valence-electron chi connectivity index (χ3n) is 7.19. The summed E-state index contributed by atoms with van der Waals surface area (Å²) < 4.78 is 21.1. The Bertz CT molecular complexity index is 1630. The highest BCUT2D eigenvalue weighted by atomic mass is 19.1. The largest absolute Gasteiger partial charge is 0.465 e. The van der Waals surface area contributed by atoms with Crippen LogP contribution >= 0.6 is 0 Å². The molecule has 222 valence electrons. The van der Waals surface area contributed by atoms with Crippen LogP contribution in [0.4, 0.5) is 9.18 Å². The Hall–Kier alpha value is -4.54. The van der Waals surface area contributed by atoms with E-state index in [0.717, 1.165) is 11.6 Å². The minimum Gasteiger partial charge on any atom is -0.465 e. The Kier molecular flexibility index (Phi) is 9.08. The van der Waals surface area contributed by atoms with E-state index in [4.69, 9.17) is 9.51 Å². The maximum Gasteiger partial charge on any atom is 0.407 e. The number of fused-ring (bicyclic) bond motifs is 1. The number of halogens is 1. The van der Waals surface area contributed by atoms with Gasteiger partial charge in [0, 0.05) is 24.2 Å². The summed E-state index contributed by atoms with van der Waals surface area (Å²) in [6, 6.07) is 14.1. The Morgan fingerprint density at radius 1 is 1.10 bits per heavy atom. The van der Waals surface area contributed by atoms with Crippen LogP contribution in [-0.4, -0.2) is 60.2 Å². The maximum atomic E-state index is 14.2. The highest BCUT2D eigenvalue weighted by Crippen LogP contribution is 2.28. The van der Waals surface area contributed by atoms with Gasteiger partial charge in [-0.15, -0.1) is 0 Å². The molecule has 2 aromatic carbocycles. The monoisotopic (exact) mass is 577 g/mol. The molecule has 0 spiro atoms. The Morgan fingerprint density at radius 3 is 2.43 bits per heavy atom. The van der Waals surface area contributed by atoms with Crippen molar-refractivity contribution in [3.8, 4) is 0 Å². The summed E-state index contributed by atoms with van der Waals surface area (Å²) in [6.45, 7) is 9.41. The first-order valence-electron chi connectivity index (χ1n) is 13.9. The van der Waals surface area contributed by atoms with E-state index >= 15 is 0 Å². The minimum absolute atomic E-state index is 0.0678. The molecule has 2 aromatic heterocycles. The fraction of sp³-hybridized carbons (Fsp3) is 0.387. The fourth-order valence-electron chi connectivity index (χ4n) is 5.10. The first-order chi connectivity index (χ1) is 19.9. The van der Waals surface area contributed by atoms with Gasteiger partial charge in [0.15, 0.2) is 0 Å². The number of amides is 2. The number of hydrogen-bond acceptors (Lipinski definition) is 6. The predicted octanol–water partition coefficient (Wildman–Crippen LogP) is 5.64. The van der Waals surface area contributed by atoms with Crippen molar-refractivity contribution in [2.24, 2.45) is 0 Å². The number of aryl methyl sites for hydroxylation is 1. The van der Waals surface area contributed by atoms with Crippen molar-refractivity contribution in [1.29, 1.82) is 0 Å². The van der Waals surface area contributed by atoms with Crippen LogP contribution in [0.1, 0.15) is 74.0 Å². The average molecular weight is 578 g/mol. The van der Waals surface area contributed by atoms with Gasteiger partial charge in [-0.25, -0.2) is 9.18 Å². The van der Waals surface area contributed by atoms with Crippen LogP contribution in [0.25, 0.3) is 11.1 Å². The number of carbonyl (C=O) groups excluding carboxylic acids is 1. The predicted molar refractivity (Wildman–Crippen MR) is 156 cm³/mol. The molecular weight excluding hydrogens is 541 g/mol. The van der Waals surface area contributed by atoms with Crippen LogP contribution < -0.4 is 5.56 Å². The van der Waals surface area contributed by atoms with Gasteiger partial charge in [0.25, 0.3) is 17.2 Å².